The molecule has 0 saturated heterocycles. The lowest BCUT2D eigenvalue weighted by molar-refractivity contribution is 0.226. The molecule has 0 aromatic heterocycles. The second-order valence-corrected chi connectivity index (χ2v) is 6.25. The predicted molar refractivity (Wildman–Crippen MR) is 76.2 cm³/mol. The van der Waals surface area contributed by atoms with Gasteiger partial charge in [0.05, 0.1) is 0 Å². The van der Waals surface area contributed by atoms with Gasteiger partial charge in [-0.15, -0.1) is 0 Å². The van der Waals surface area contributed by atoms with Gasteiger partial charge >= 0.3 is 0 Å². The van der Waals surface area contributed by atoms with Gasteiger partial charge in [0.1, 0.15) is 0 Å². The van der Waals surface area contributed by atoms with E-state index in [4.69, 9.17) is 0 Å². The largest absolute Gasteiger partial charge is 0.313 e. The summed E-state index contributed by atoms with van der Waals surface area (Å²) in [6.07, 6.45) is 1.18. The van der Waals surface area contributed by atoms with Crippen LogP contribution in [0.2, 0.25) is 0 Å². The molecule has 2 unspecified atom stereocenters. The highest BCUT2D eigenvalue weighted by atomic mass is 14.9. The molecular formula is C16H27N. The van der Waals surface area contributed by atoms with Crippen molar-refractivity contribution in [2.24, 2.45) is 11.3 Å². The van der Waals surface area contributed by atoms with Gasteiger partial charge in [-0.3, -0.25) is 0 Å². The van der Waals surface area contributed by atoms with Crippen molar-refractivity contribution >= 4 is 0 Å². The molecule has 0 fully saturated rings. The summed E-state index contributed by atoms with van der Waals surface area (Å²) in [6, 6.07) is 9.34. The fraction of sp³-hybridized carbons (Fsp3) is 0.625. The third kappa shape index (κ3) is 4.16. The van der Waals surface area contributed by atoms with Gasteiger partial charge in [0.15, 0.2) is 0 Å². The first kappa shape index (κ1) is 14.2. The minimum Gasteiger partial charge on any atom is -0.313 e. The number of aryl methyl sites for hydroxylation is 1. The normalized spacial score (nSPS) is 15.6. The third-order valence-corrected chi connectivity index (χ3v) is 3.90. The predicted octanol–water partition coefficient (Wildman–Crippen LogP) is 4.33. The second-order valence-electron chi connectivity index (χ2n) is 6.25. The fourth-order valence-corrected chi connectivity index (χ4v) is 1.93. The van der Waals surface area contributed by atoms with Gasteiger partial charge in [0, 0.05) is 6.04 Å². The molecule has 96 valence electrons. The highest BCUT2D eigenvalue weighted by molar-refractivity contribution is 5.24. The summed E-state index contributed by atoms with van der Waals surface area (Å²) in [5.41, 5.74) is 3.10. The first-order chi connectivity index (χ1) is 7.84. The van der Waals surface area contributed by atoms with Gasteiger partial charge in [-0.25, -0.2) is 0 Å². The molecule has 2 atom stereocenters. The van der Waals surface area contributed by atoms with Crippen molar-refractivity contribution in [3.05, 3.63) is 35.4 Å². The van der Waals surface area contributed by atoms with Crippen molar-refractivity contribution in [2.45, 2.75) is 47.1 Å². The summed E-state index contributed by atoms with van der Waals surface area (Å²) in [4.78, 5) is 0. The Kier molecular flexibility index (Phi) is 4.76. The molecule has 1 heteroatoms. The quantitative estimate of drug-likeness (QED) is 0.816. The third-order valence-electron chi connectivity index (χ3n) is 3.90. The lowest BCUT2D eigenvalue weighted by atomic mass is 9.77. The molecule has 17 heavy (non-hydrogen) atoms. The summed E-state index contributed by atoms with van der Waals surface area (Å²) in [6.45, 7) is 11.4. The summed E-state index contributed by atoms with van der Waals surface area (Å²) < 4.78 is 0. The molecule has 0 aliphatic carbocycles. The van der Waals surface area contributed by atoms with Crippen LogP contribution in [0.1, 0.15) is 51.3 Å². The van der Waals surface area contributed by atoms with E-state index in [0.717, 1.165) is 0 Å². The number of benzene rings is 1. The van der Waals surface area contributed by atoms with Crippen molar-refractivity contribution in [3.8, 4) is 0 Å². The van der Waals surface area contributed by atoms with E-state index in [1.807, 2.05) is 0 Å². The molecule has 1 rings (SSSR count). The number of hydrogen-bond donors (Lipinski definition) is 1. The van der Waals surface area contributed by atoms with Crippen molar-refractivity contribution in [3.63, 3.8) is 0 Å². The topological polar surface area (TPSA) is 12.0 Å². The summed E-state index contributed by atoms with van der Waals surface area (Å²) >= 11 is 0. The Hall–Kier alpha value is -0.820. The van der Waals surface area contributed by atoms with Crippen LogP contribution in [-0.4, -0.2) is 7.05 Å². The number of hydrogen-bond acceptors (Lipinski definition) is 1. The summed E-state index contributed by atoms with van der Waals surface area (Å²) in [5.74, 6) is 0.696. The number of rotatable bonds is 4. The monoisotopic (exact) mass is 233 g/mol. The molecule has 1 N–H and O–H groups in total. The maximum atomic E-state index is 3.44. The smallest absolute Gasteiger partial charge is 0.0320 e. The van der Waals surface area contributed by atoms with E-state index in [1.165, 1.54) is 17.5 Å². The van der Waals surface area contributed by atoms with Crippen LogP contribution in [-0.2, 0) is 0 Å². The molecule has 0 heterocycles. The molecule has 1 nitrogen and oxygen atoms in total. The van der Waals surface area contributed by atoms with Crippen LogP contribution in [0.5, 0.6) is 0 Å². The Balaban J connectivity index is 2.75. The van der Waals surface area contributed by atoms with Gasteiger partial charge < -0.3 is 5.32 Å². The van der Waals surface area contributed by atoms with Gasteiger partial charge in [-0.2, -0.15) is 0 Å². The lowest BCUT2D eigenvalue weighted by Gasteiger charge is -2.31. The Morgan fingerprint density at radius 3 is 2.06 bits per heavy atom. The molecule has 1 aromatic rings. The first-order valence-corrected chi connectivity index (χ1v) is 6.58. The Morgan fingerprint density at radius 1 is 1.12 bits per heavy atom. The van der Waals surface area contributed by atoms with Crippen molar-refractivity contribution < 1.29 is 0 Å². The van der Waals surface area contributed by atoms with E-state index in [2.05, 4.69) is 71.2 Å². The van der Waals surface area contributed by atoms with Crippen molar-refractivity contribution in [2.75, 3.05) is 7.05 Å². The zero-order valence-corrected chi connectivity index (χ0v) is 12.2. The lowest BCUT2D eigenvalue weighted by Crippen LogP contribution is -2.25. The molecule has 0 aliphatic rings. The average Bonchev–Trinajstić information content (AvgIpc) is 2.25. The van der Waals surface area contributed by atoms with Crippen LogP contribution >= 0.6 is 0 Å². The molecule has 0 bridgehead atoms. The molecule has 0 radical (unpaired) electrons. The molecule has 0 spiro atoms. The maximum absolute atomic E-state index is 3.44. The highest BCUT2D eigenvalue weighted by Crippen LogP contribution is 2.33. The minimum absolute atomic E-state index is 0.375. The van der Waals surface area contributed by atoms with Crippen LogP contribution in [0, 0.1) is 18.3 Å². The summed E-state index contributed by atoms with van der Waals surface area (Å²) in [5, 5.41) is 3.44. The summed E-state index contributed by atoms with van der Waals surface area (Å²) in [7, 11) is 2.06. The van der Waals surface area contributed by atoms with Gasteiger partial charge in [0.2, 0.25) is 0 Å². The highest BCUT2D eigenvalue weighted by Gasteiger charge is 2.23. The zero-order chi connectivity index (χ0) is 13.1. The minimum atomic E-state index is 0.375. The van der Waals surface area contributed by atoms with Crippen molar-refractivity contribution in [1.82, 2.24) is 5.32 Å². The fourth-order valence-electron chi connectivity index (χ4n) is 1.93. The first-order valence-electron chi connectivity index (χ1n) is 6.58. The van der Waals surface area contributed by atoms with Crippen LogP contribution in [0.3, 0.4) is 0 Å². The molecule has 1 aromatic carbocycles. The van der Waals surface area contributed by atoms with E-state index in [9.17, 15) is 0 Å². The molecule has 0 aliphatic heterocycles. The van der Waals surface area contributed by atoms with Gasteiger partial charge in [0.25, 0.3) is 0 Å². The van der Waals surface area contributed by atoms with Crippen LogP contribution in [0.15, 0.2) is 24.3 Å². The van der Waals surface area contributed by atoms with Crippen LogP contribution < -0.4 is 5.32 Å². The van der Waals surface area contributed by atoms with E-state index in [0.29, 0.717) is 17.4 Å². The van der Waals surface area contributed by atoms with Gasteiger partial charge in [-0.1, -0.05) is 57.5 Å². The molecule has 0 saturated carbocycles. The standard InChI is InChI=1S/C16H27N/c1-12-7-9-14(10-8-12)15(17-6)11-13(2)16(3,4)5/h7-10,13,15,17H,11H2,1-6H3. The maximum Gasteiger partial charge on any atom is 0.0320 e. The molecule has 0 amide bonds. The Bertz CT molecular complexity index is 332. The van der Waals surface area contributed by atoms with E-state index in [1.54, 1.807) is 0 Å². The Labute approximate surface area is 107 Å². The zero-order valence-electron chi connectivity index (χ0n) is 12.2. The van der Waals surface area contributed by atoms with E-state index < -0.39 is 0 Å². The SMILES string of the molecule is CNC(CC(C)C(C)(C)C)c1ccc(C)cc1. The van der Waals surface area contributed by atoms with Crippen molar-refractivity contribution in [1.29, 1.82) is 0 Å². The van der Waals surface area contributed by atoms with Crippen LogP contribution in [0.25, 0.3) is 0 Å². The van der Waals surface area contributed by atoms with Crippen LogP contribution in [0.4, 0.5) is 0 Å². The number of nitrogens with one attached hydrogen (secondary N) is 1. The second kappa shape index (κ2) is 5.68. The van der Waals surface area contributed by atoms with E-state index >= 15 is 0 Å². The van der Waals surface area contributed by atoms with E-state index in [-0.39, 0.29) is 0 Å². The Morgan fingerprint density at radius 2 is 1.65 bits per heavy atom. The molecular weight excluding hydrogens is 206 g/mol. The van der Waals surface area contributed by atoms with Gasteiger partial charge in [-0.05, 0) is 37.3 Å². The average molecular weight is 233 g/mol.